The van der Waals surface area contributed by atoms with Crippen LogP contribution in [0.4, 0.5) is 5.69 Å². The Balaban J connectivity index is 2.47. The Kier molecular flexibility index (Phi) is 4.08. The average Bonchev–Trinajstić information content (AvgIpc) is 2.34. The van der Waals surface area contributed by atoms with E-state index in [0.717, 1.165) is 24.8 Å². The number of rotatable bonds is 2. The number of anilines is 1. The van der Waals surface area contributed by atoms with Gasteiger partial charge in [0.05, 0.1) is 5.02 Å². The van der Waals surface area contributed by atoms with Crippen LogP contribution < -0.4 is 5.73 Å². The smallest absolute Gasteiger partial charge is 0.244 e. The summed E-state index contributed by atoms with van der Waals surface area (Å²) in [5.74, 6) is 0. The van der Waals surface area contributed by atoms with Crippen LogP contribution in [0.3, 0.4) is 0 Å². The fourth-order valence-electron chi connectivity index (χ4n) is 2.42. The van der Waals surface area contributed by atoms with Crippen molar-refractivity contribution < 1.29 is 8.42 Å². The molecule has 0 bridgehead atoms. The Morgan fingerprint density at radius 2 is 2.05 bits per heavy atom. The van der Waals surface area contributed by atoms with Crippen molar-refractivity contribution in [3.05, 3.63) is 22.7 Å². The molecule has 4 nitrogen and oxygen atoms in total. The maximum Gasteiger partial charge on any atom is 0.244 e. The molecule has 1 aliphatic heterocycles. The second-order valence-corrected chi connectivity index (χ2v) is 7.37. The third kappa shape index (κ3) is 2.73. The van der Waals surface area contributed by atoms with Gasteiger partial charge in [-0.1, -0.05) is 18.0 Å². The summed E-state index contributed by atoms with van der Waals surface area (Å²) in [6, 6.07) is 3.09. The zero-order valence-electron chi connectivity index (χ0n) is 11.2. The first-order valence-corrected chi connectivity index (χ1v) is 8.23. The van der Waals surface area contributed by atoms with Gasteiger partial charge < -0.3 is 5.73 Å². The third-order valence-corrected chi connectivity index (χ3v) is 6.13. The van der Waals surface area contributed by atoms with Crippen LogP contribution in [-0.2, 0) is 10.0 Å². The lowest BCUT2D eigenvalue weighted by molar-refractivity contribution is 0.268. The highest BCUT2D eigenvalue weighted by atomic mass is 35.5. The summed E-state index contributed by atoms with van der Waals surface area (Å²) < 4.78 is 26.9. The number of nitrogens with zero attached hydrogens (tertiary/aromatic N) is 1. The van der Waals surface area contributed by atoms with Crippen LogP contribution >= 0.6 is 11.6 Å². The van der Waals surface area contributed by atoms with Crippen LogP contribution in [0, 0.1) is 6.92 Å². The molecular formula is C13H19ClN2O2S. The summed E-state index contributed by atoms with van der Waals surface area (Å²) in [6.45, 7) is 4.29. The minimum absolute atomic E-state index is 0.0114. The van der Waals surface area contributed by atoms with E-state index in [2.05, 4.69) is 0 Å². The van der Waals surface area contributed by atoms with Gasteiger partial charge in [-0.05, 0) is 44.4 Å². The normalized spacial score (nSPS) is 21.5. The molecule has 6 heteroatoms. The van der Waals surface area contributed by atoms with Crippen molar-refractivity contribution >= 4 is 27.3 Å². The first kappa shape index (κ1) is 14.6. The van der Waals surface area contributed by atoms with Gasteiger partial charge in [0.1, 0.15) is 4.90 Å². The lowest BCUT2D eigenvalue weighted by Crippen LogP contribution is -2.42. The van der Waals surface area contributed by atoms with Gasteiger partial charge in [-0.2, -0.15) is 4.31 Å². The molecule has 1 aromatic rings. The SMILES string of the molecule is Cc1cc(Cl)c(S(=O)(=O)N2CCCCC2C)cc1N. The number of nitrogens with two attached hydrogens (primary N) is 1. The van der Waals surface area contributed by atoms with Crippen molar-refractivity contribution in [3.8, 4) is 0 Å². The lowest BCUT2D eigenvalue weighted by atomic mass is 10.1. The highest BCUT2D eigenvalue weighted by Crippen LogP contribution is 2.32. The zero-order chi connectivity index (χ0) is 14.2. The number of aryl methyl sites for hydroxylation is 1. The summed E-state index contributed by atoms with van der Waals surface area (Å²) in [7, 11) is -3.56. The van der Waals surface area contributed by atoms with E-state index < -0.39 is 10.0 Å². The molecule has 0 aromatic heterocycles. The Morgan fingerprint density at radius 3 is 2.68 bits per heavy atom. The van der Waals surface area contributed by atoms with Gasteiger partial charge >= 0.3 is 0 Å². The van der Waals surface area contributed by atoms with E-state index in [4.69, 9.17) is 17.3 Å². The molecule has 2 rings (SSSR count). The predicted octanol–water partition coefficient (Wildman–Crippen LogP) is 2.79. The Bertz CT molecular complexity index is 587. The van der Waals surface area contributed by atoms with E-state index in [1.165, 1.54) is 10.4 Å². The van der Waals surface area contributed by atoms with E-state index in [1.54, 1.807) is 13.0 Å². The maximum absolute atomic E-state index is 12.7. The quantitative estimate of drug-likeness (QED) is 0.854. The van der Waals surface area contributed by atoms with E-state index in [-0.39, 0.29) is 16.0 Å². The van der Waals surface area contributed by atoms with Crippen LogP contribution in [0.25, 0.3) is 0 Å². The molecule has 2 N–H and O–H groups in total. The fraction of sp³-hybridized carbons (Fsp3) is 0.538. The molecule has 1 aliphatic rings. The topological polar surface area (TPSA) is 63.4 Å². The average molecular weight is 303 g/mol. The first-order chi connectivity index (χ1) is 8.84. The zero-order valence-corrected chi connectivity index (χ0v) is 12.8. The Hall–Kier alpha value is -0.780. The van der Waals surface area contributed by atoms with Gasteiger partial charge in [-0.3, -0.25) is 0 Å². The van der Waals surface area contributed by atoms with E-state index in [0.29, 0.717) is 12.2 Å². The predicted molar refractivity (Wildman–Crippen MR) is 77.8 cm³/mol. The molecule has 19 heavy (non-hydrogen) atoms. The van der Waals surface area contributed by atoms with Gasteiger partial charge in [-0.15, -0.1) is 0 Å². The molecule has 1 unspecified atom stereocenters. The van der Waals surface area contributed by atoms with E-state index in [1.807, 2.05) is 6.92 Å². The molecule has 0 aliphatic carbocycles. The second kappa shape index (κ2) is 5.31. The summed E-state index contributed by atoms with van der Waals surface area (Å²) in [6.07, 6.45) is 2.84. The number of sulfonamides is 1. The monoisotopic (exact) mass is 302 g/mol. The van der Waals surface area contributed by atoms with Crippen LogP contribution in [-0.4, -0.2) is 25.3 Å². The van der Waals surface area contributed by atoms with Gasteiger partial charge in [0, 0.05) is 18.3 Å². The lowest BCUT2D eigenvalue weighted by Gasteiger charge is -2.32. The summed E-state index contributed by atoms with van der Waals surface area (Å²) in [5.41, 5.74) is 7.05. The molecule has 1 heterocycles. The number of benzene rings is 1. The maximum atomic E-state index is 12.7. The van der Waals surface area contributed by atoms with Gasteiger partial charge in [0.15, 0.2) is 0 Å². The van der Waals surface area contributed by atoms with Gasteiger partial charge in [0.25, 0.3) is 0 Å². The van der Waals surface area contributed by atoms with Crippen molar-refractivity contribution in [2.24, 2.45) is 0 Å². The number of hydrogen-bond donors (Lipinski definition) is 1. The largest absolute Gasteiger partial charge is 0.398 e. The van der Waals surface area contributed by atoms with Crippen LogP contribution in [0.5, 0.6) is 0 Å². The van der Waals surface area contributed by atoms with Crippen molar-refractivity contribution in [1.29, 1.82) is 0 Å². The van der Waals surface area contributed by atoms with Gasteiger partial charge in [-0.25, -0.2) is 8.42 Å². The third-order valence-electron chi connectivity index (χ3n) is 3.65. The Labute approximate surface area is 119 Å². The highest BCUT2D eigenvalue weighted by Gasteiger charge is 2.32. The molecular weight excluding hydrogens is 284 g/mol. The van der Waals surface area contributed by atoms with Gasteiger partial charge in [0.2, 0.25) is 10.0 Å². The first-order valence-electron chi connectivity index (χ1n) is 6.41. The molecule has 1 atom stereocenters. The van der Waals surface area contributed by atoms with Crippen molar-refractivity contribution in [1.82, 2.24) is 4.31 Å². The number of nitrogen functional groups attached to an aromatic ring is 1. The molecule has 0 amide bonds. The summed E-state index contributed by atoms with van der Waals surface area (Å²) in [4.78, 5) is 0.117. The van der Waals surface area contributed by atoms with Crippen LogP contribution in [0.15, 0.2) is 17.0 Å². The van der Waals surface area contributed by atoms with E-state index in [9.17, 15) is 8.42 Å². The molecule has 1 saturated heterocycles. The highest BCUT2D eigenvalue weighted by molar-refractivity contribution is 7.89. The second-order valence-electron chi connectivity index (χ2n) is 5.10. The molecule has 0 saturated carbocycles. The number of piperidine rings is 1. The van der Waals surface area contributed by atoms with Crippen LogP contribution in [0.1, 0.15) is 31.7 Å². The van der Waals surface area contributed by atoms with Crippen molar-refractivity contribution in [2.45, 2.75) is 44.0 Å². The molecule has 0 spiro atoms. The molecule has 106 valence electrons. The molecule has 1 aromatic carbocycles. The summed E-state index contributed by atoms with van der Waals surface area (Å²) >= 11 is 6.09. The number of hydrogen-bond acceptors (Lipinski definition) is 3. The Morgan fingerprint density at radius 1 is 1.37 bits per heavy atom. The van der Waals surface area contributed by atoms with E-state index >= 15 is 0 Å². The standard InChI is InChI=1S/C13H19ClN2O2S/c1-9-7-11(14)13(8-12(9)15)19(17,18)16-6-4-3-5-10(16)2/h7-8,10H,3-6,15H2,1-2H3. The molecule has 1 fully saturated rings. The summed E-state index contributed by atoms with van der Waals surface area (Å²) in [5, 5.41) is 0.240. The van der Waals surface area contributed by atoms with Crippen molar-refractivity contribution in [2.75, 3.05) is 12.3 Å². The fourth-order valence-corrected chi connectivity index (χ4v) is 4.71. The minimum atomic E-state index is -3.56. The minimum Gasteiger partial charge on any atom is -0.398 e. The molecule has 0 radical (unpaired) electrons. The number of halogens is 1. The van der Waals surface area contributed by atoms with Crippen LogP contribution in [0.2, 0.25) is 5.02 Å². The van der Waals surface area contributed by atoms with Crippen molar-refractivity contribution in [3.63, 3.8) is 0 Å².